The van der Waals surface area contributed by atoms with Crippen molar-refractivity contribution < 1.29 is 18.5 Å². The van der Waals surface area contributed by atoms with Gasteiger partial charge in [-0.1, -0.05) is 13.8 Å². The fraction of sp³-hybridized carbons (Fsp3) is 1.00. The molecule has 10 heavy (non-hydrogen) atoms. The van der Waals surface area contributed by atoms with Crippen molar-refractivity contribution in [3.05, 3.63) is 0 Å². The molecule has 0 aliphatic carbocycles. The minimum Gasteiger partial charge on any atom is -0.302 e. The van der Waals surface area contributed by atoms with Crippen molar-refractivity contribution in [2.45, 2.75) is 13.8 Å². The molecule has 0 unspecified atom stereocenters. The van der Waals surface area contributed by atoms with Crippen molar-refractivity contribution in [2.24, 2.45) is 5.41 Å². The highest BCUT2D eigenvalue weighted by molar-refractivity contribution is 7.47. The van der Waals surface area contributed by atoms with E-state index < -0.39 is 7.82 Å². The molecule has 0 bridgehead atoms. The van der Waals surface area contributed by atoms with Crippen molar-refractivity contribution in [1.82, 2.24) is 0 Å². The van der Waals surface area contributed by atoms with Crippen LogP contribution in [-0.4, -0.2) is 18.1 Å². The van der Waals surface area contributed by atoms with Gasteiger partial charge >= 0.3 is 7.82 Å². The van der Waals surface area contributed by atoms with Gasteiger partial charge in [0.2, 0.25) is 0 Å². The van der Waals surface area contributed by atoms with Crippen LogP contribution in [0, 0.1) is 5.41 Å². The molecule has 0 radical (unpaired) electrons. The van der Waals surface area contributed by atoms with Crippen LogP contribution >= 0.6 is 7.82 Å². The van der Waals surface area contributed by atoms with Crippen LogP contribution in [0.15, 0.2) is 0 Å². The lowest BCUT2D eigenvalue weighted by molar-refractivity contribution is 0.0148. The molecule has 0 spiro atoms. The van der Waals surface area contributed by atoms with Crippen LogP contribution in [0.5, 0.6) is 0 Å². The zero-order valence-corrected chi connectivity index (χ0v) is 6.93. The van der Waals surface area contributed by atoms with Crippen molar-refractivity contribution in [3.8, 4) is 0 Å². The molecule has 0 aromatic rings. The van der Waals surface area contributed by atoms with Gasteiger partial charge in [0, 0.05) is 5.41 Å². The number of hydrogen-bond acceptors (Lipinski definition) is 3. The van der Waals surface area contributed by atoms with Crippen LogP contribution in [0.2, 0.25) is 0 Å². The van der Waals surface area contributed by atoms with E-state index >= 15 is 0 Å². The highest BCUT2D eigenvalue weighted by Crippen LogP contribution is 2.49. The molecule has 1 aliphatic rings. The third-order valence-electron chi connectivity index (χ3n) is 1.24. The Morgan fingerprint density at radius 2 is 1.80 bits per heavy atom. The second-order valence-electron chi connectivity index (χ2n) is 3.18. The Hall–Kier alpha value is 0.110. The van der Waals surface area contributed by atoms with Crippen molar-refractivity contribution >= 4 is 7.82 Å². The summed E-state index contributed by atoms with van der Waals surface area (Å²) in [6.45, 7) is 4.37. The largest absolute Gasteiger partial charge is 0.472 e. The van der Waals surface area contributed by atoms with Crippen LogP contribution in [0.25, 0.3) is 0 Å². The quantitative estimate of drug-likeness (QED) is 0.548. The van der Waals surface area contributed by atoms with Gasteiger partial charge in [-0.25, -0.2) is 4.57 Å². The van der Waals surface area contributed by atoms with E-state index in [2.05, 4.69) is 9.05 Å². The zero-order chi connectivity index (χ0) is 7.83. The smallest absolute Gasteiger partial charge is 0.302 e. The minimum absolute atomic E-state index is 0.142. The van der Waals surface area contributed by atoms with Crippen LogP contribution in [0.3, 0.4) is 0 Å². The molecule has 0 aromatic heterocycles. The molecule has 5 heteroatoms. The third kappa shape index (κ3) is 2.06. The first-order chi connectivity index (χ1) is 4.41. The van der Waals surface area contributed by atoms with Crippen LogP contribution < -0.4 is 0 Å². The molecule has 1 heterocycles. The lowest BCUT2D eigenvalue weighted by atomic mass is 9.97. The average molecular weight is 166 g/mol. The monoisotopic (exact) mass is 166 g/mol. The van der Waals surface area contributed by atoms with Crippen molar-refractivity contribution in [3.63, 3.8) is 0 Å². The third-order valence-corrected chi connectivity index (χ3v) is 2.15. The number of hydrogen-bond donors (Lipinski definition) is 1. The van der Waals surface area contributed by atoms with E-state index in [1.165, 1.54) is 0 Å². The maximum absolute atomic E-state index is 10.6. The molecular weight excluding hydrogens is 155 g/mol. The SMILES string of the molecule is CC1(C)COP(=O)(O)OC1. The van der Waals surface area contributed by atoms with Gasteiger partial charge in [-0.2, -0.15) is 0 Å². The van der Waals surface area contributed by atoms with Gasteiger partial charge in [-0.15, -0.1) is 0 Å². The summed E-state index contributed by atoms with van der Waals surface area (Å²) in [7, 11) is -3.67. The number of phosphoric ester groups is 1. The van der Waals surface area contributed by atoms with Gasteiger partial charge < -0.3 is 4.89 Å². The van der Waals surface area contributed by atoms with Crippen LogP contribution in [0.1, 0.15) is 13.8 Å². The average Bonchev–Trinajstić information content (AvgIpc) is 1.79. The van der Waals surface area contributed by atoms with E-state index in [9.17, 15) is 4.57 Å². The first-order valence-electron chi connectivity index (χ1n) is 3.03. The Labute approximate surface area is 59.8 Å². The van der Waals surface area contributed by atoms with Crippen LogP contribution in [0.4, 0.5) is 0 Å². The van der Waals surface area contributed by atoms with E-state index in [0.717, 1.165) is 0 Å². The minimum atomic E-state index is -3.67. The molecule has 4 nitrogen and oxygen atoms in total. The standard InChI is InChI=1S/C5H11O4P/c1-5(2)3-8-10(6,7)9-4-5/h3-4H2,1-2H3,(H,6,7). The lowest BCUT2D eigenvalue weighted by Crippen LogP contribution is -2.29. The van der Waals surface area contributed by atoms with E-state index in [1.54, 1.807) is 0 Å². The summed E-state index contributed by atoms with van der Waals surface area (Å²) >= 11 is 0. The highest BCUT2D eigenvalue weighted by Gasteiger charge is 2.34. The molecule has 1 rings (SSSR count). The van der Waals surface area contributed by atoms with Gasteiger partial charge in [-0.05, 0) is 0 Å². The molecule has 1 N–H and O–H groups in total. The van der Waals surface area contributed by atoms with Gasteiger partial charge in [-0.3, -0.25) is 9.05 Å². The number of phosphoric acid groups is 1. The molecule has 0 amide bonds. The van der Waals surface area contributed by atoms with Gasteiger partial charge in [0.25, 0.3) is 0 Å². The Kier molecular flexibility index (Phi) is 1.90. The predicted molar refractivity (Wildman–Crippen MR) is 35.5 cm³/mol. The molecule has 60 valence electrons. The normalized spacial score (nSPS) is 29.9. The fourth-order valence-electron chi connectivity index (χ4n) is 0.592. The fourth-order valence-corrected chi connectivity index (χ4v) is 1.69. The van der Waals surface area contributed by atoms with Gasteiger partial charge in [0.05, 0.1) is 13.2 Å². The first kappa shape index (κ1) is 8.21. The van der Waals surface area contributed by atoms with Gasteiger partial charge in [0.15, 0.2) is 0 Å². The molecular formula is C5H11O4P. The Morgan fingerprint density at radius 1 is 1.40 bits per heavy atom. The molecule has 0 saturated carbocycles. The van der Waals surface area contributed by atoms with E-state index in [4.69, 9.17) is 4.89 Å². The molecule has 0 atom stereocenters. The Morgan fingerprint density at radius 3 is 2.10 bits per heavy atom. The lowest BCUT2D eigenvalue weighted by Gasteiger charge is -2.30. The van der Waals surface area contributed by atoms with Gasteiger partial charge in [0.1, 0.15) is 0 Å². The first-order valence-corrected chi connectivity index (χ1v) is 4.53. The topological polar surface area (TPSA) is 55.8 Å². The maximum atomic E-state index is 10.6. The van der Waals surface area contributed by atoms with E-state index in [1.807, 2.05) is 13.8 Å². The Balaban J connectivity index is 2.54. The second kappa shape index (κ2) is 2.31. The summed E-state index contributed by atoms with van der Waals surface area (Å²) in [5.74, 6) is 0. The zero-order valence-electron chi connectivity index (χ0n) is 6.03. The van der Waals surface area contributed by atoms with Crippen molar-refractivity contribution in [1.29, 1.82) is 0 Å². The van der Waals surface area contributed by atoms with Crippen molar-refractivity contribution in [2.75, 3.05) is 13.2 Å². The summed E-state index contributed by atoms with van der Waals surface area (Å²) < 4.78 is 19.8. The summed E-state index contributed by atoms with van der Waals surface area (Å²) in [5, 5.41) is 0. The summed E-state index contributed by atoms with van der Waals surface area (Å²) in [5.41, 5.74) is -0.142. The van der Waals surface area contributed by atoms with E-state index in [-0.39, 0.29) is 18.6 Å². The predicted octanol–water partition coefficient (Wildman–Crippen LogP) is 1.16. The summed E-state index contributed by atoms with van der Waals surface area (Å²) in [6.07, 6.45) is 0. The molecule has 1 aliphatic heterocycles. The summed E-state index contributed by atoms with van der Waals surface area (Å²) in [6, 6.07) is 0. The highest BCUT2D eigenvalue weighted by atomic mass is 31.2. The maximum Gasteiger partial charge on any atom is 0.472 e. The summed E-state index contributed by atoms with van der Waals surface area (Å²) in [4.78, 5) is 8.72. The molecule has 1 fully saturated rings. The van der Waals surface area contributed by atoms with E-state index in [0.29, 0.717) is 0 Å². The Bertz CT molecular complexity index is 162. The molecule has 0 aromatic carbocycles. The molecule has 1 saturated heterocycles. The number of rotatable bonds is 0. The second-order valence-corrected chi connectivity index (χ2v) is 4.63. The van der Waals surface area contributed by atoms with Crippen LogP contribution in [-0.2, 0) is 13.6 Å².